The number of thioether (sulfide) groups is 1. The van der Waals surface area contributed by atoms with Crippen LogP contribution in [0.2, 0.25) is 5.02 Å². The molecule has 0 aliphatic carbocycles. The second-order valence-corrected chi connectivity index (χ2v) is 7.83. The van der Waals surface area contributed by atoms with E-state index in [1.807, 2.05) is 12.1 Å². The summed E-state index contributed by atoms with van der Waals surface area (Å²) in [5.74, 6) is -0.154. The van der Waals surface area contributed by atoms with E-state index in [1.165, 1.54) is 7.11 Å². The molecule has 1 aliphatic heterocycles. The topological polar surface area (TPSA) is 82.1 Å². The van der Waals surface area contributed by atoms with Crippen LogP contribution in [0, 0.1) is 0 Å². The molecule has 31 heavy (non-hydrogen) atoms. The van der Waals surface area contributed by atoms with E-state index in [-0.39, 0.29) is 11.5 Å². The van der Waals surface area contributed by atoms with Crippen LogP contribution in [0.4, 0.5) is 4.79 Å². The average molecular weight is 462 g/mol. The summed E-state index contributed by atoms with van der Waals surface area (Å²) in [6.45, 7) is 1.76. The Labute approximate surface area is 188 Å². The van der Waals surface area contributed by atoms with Gasteiger partial charge in [-0.3, -0.25) is 19.3 Å². The molecule has 3 rings (SSSR count). The molecule has 0 spiro atoms. The summed E-state index contributed by atoms with van der Waals surface area (Å²) in [5.41, 5.74) is 1.60. The Balaban J connectivity index is 1.72. The van der Waals surface area contributed by atoms with Crippen LogP contribution >= 0.6 is 23.4 Å². The summed E-state index contributed by atoms with van der Waals surface area (Å²) in [6, 6.07) is 12.5. The molecule has 1 aliphatic rings. The van der Waals surface area contributed by atoms with Crippen molar-refractivity contribution in [3.05, 3.63) is 63.5 Å². The Kier molecular flexibility index (Phi) is 7.59. The number of imide groups is 1. The molecule has 7 nitrogen and oxygen atoms in total. The highest BCUT2D eigenvalue weighted by atomic mass is 35.5. The Bertz CT molecular complexity index is 1020. The number of carbonyl (C=O) groups excluding carboxylic acids is 3. The minimum absolute atomic E-state index is 0.178. The van der Waals surface area contributed by atoms with Crippen molar-refractivity contribution < 1.29 is 28.6 Å². The molecule has 0 atom stereocenters. The molecule has 2 aromatic carbocycles. The van der Waals surface area contributed by atoms with Crippen molar-refractivity contribution in [2.75, 3.05) is 20.3 Å². The minimum atomic E-state index is -0.630. The number of esters is 1. The summed E-state index contributed by atoms with van der Waals surface area (Å²) < 4.78 is 16.0. The third kappa shape index (κ3) is 5.80. The molecule has 0 radical (unpaired) electrons. The SMILES string of the molecule is CCOC(=O)CN1C(=O)S/C(=C/c2ccc(OCc3ccc(Cl)cc3)c(OC)c2)C1=O. The van der Waals surface area contributed by atoms with Crippen LogP contribution < -0.4 is 9.47 Å². The first-order valence-electron chi connectivity index (χ1n) is 9.37. The van der Waals surface area contributed by atoms with Gasteiger partial charge in [0.05, 0.1) is 18.6 Å². The van der Waals surface area contributed by atoms with Crippen LogP contribution in [0.1, 0.15) is 18.1 Å². The zero-order valence-corrected chi connectivity index (χ0v) is 18.5. The molecule has 9 heteroatoms. The first-order valence-corrected chi connectivity index (χ1v) is 10.6. The van der Waals surface area contributed by atoms with Crippen molar-refractivity contribution in [3.8, 4) is 11.5 Å². The van der Waals surface area contributed by atoms with Gasteiger partial charge >= 0.3 is 5.97 Å². The van der Waals surface area contributed by atoms with Crippen LogP contribution in [0.5, 0.6) is 11.5 Å². The van der Waals surface area contributed by atoms with E-state index < -0.39 is 23.7 Å². The molecule has 1 heterocycles. The molecule has 0 unspecified atom stereocenters. The van der Waals surface area contributed by atoms with Gasteiger partial charge in [0.2, 0.25) is 0 Å². The molecule has 1 fully saturated rings. The normalized spacial score (nSPS) is 14.8. The molecule has 0 N–H and O–H groups in total. The smallest absolute Gasteiger partial charge is 0.326 e. The van der Waals surface area contributed by atoms with E-state index in [1.54, 1.807) is 43.3 Å². The van der Waals surface area contributed by atoms with Gasteiger partial charge in [0, 0.05) is 5.02 Å². The number of hydrogen-bond acceptors (Lipinski definition) is 7. The lowest BCUT2D eigenvalue weighted by Gasteiger charge is -2.12. The number of methoxy groups -OCH3 is 1. The number of amides is 2. The summed E-state index contributed by atoms with van der Waals surface area (Å²) >= 11 is 6.66. The van der Waals surface area contributed by atoms with Gasteiger partial charge in [-0.25, -0.2) is 0 Å². The number of benzene rings is 2. The molecule has 162 valence electrons. The summed E-state index contributed by atoms with van der Waals surface area (Å²) in [6.07, 6.45) is 1.57. The number of carbonyl (C=O) groups is 3. The van der Waals surface area contributed by atoms with E-state index in [4.69, 9.17) is 25.8 Å². The fourth-order valence-electron chi connectivity index (χ4n) is 2.76. The van der Waals surface area contributed by atoms with Crippen LogP contribution in [-0.2, 0) is 20.9 Å². The van der Waals surface area contributed by atoms with Gasteiger partial charge in [0.15, 0.2) is 11.5 Å². The molecule has 2 aromatic rings. The van der Waals surface area contributed by atoms with Crippen LogP contribution in [0.3, 0.4) is 0 Å². The third-order valence-corrected chi connectivity index (χ3v) is 5.42. The first-order chi connectivity index (χ1) is 14.9. The molecular formula is C22H20ClNO6S. The van der Waals surface area contributed by atoms with Crippen molar-refractivity contribution in [2.24, 2.45) is 0 Å². The second kappa shape index (κ2) is 10.4. The lowest BCUT2D eigenvalue weighted by atomic mass is 10.1. The zero-order chi connectivity index (χ0) is 22.4. The molecular weight excluding hydrogens is 442 g/mol. The largest absolute Gasteiger partial charge is 0.493 e. The molecule has 2 amide bonds. The quantitative estimate of drug-likeness (QED) is 0.422. The lowest BCUT2D eigenvalue weighted by Crippen LogP contribution is -2.34. The maximum atomic E-state index is 12.5. The van der Waals surface area contributed by atoms with E-state index >= 15 is 0 Å². The minimum Gasteiger partial charge on any atom is -0.493 e. The Morgan fingerprint density at radius 1 is 1.13 bits per heavy atom. The number of rotatable bonds is 8. The molecule has 0 saturated carbocycles. The predicted molar refractivity (Wildman–Crippen MR) is 118 cm³/mol. The lowest BCUT2D eigenvalue weighted by molar-refractivity contribution is -0.145. The highest BCUT2D eigenvalue weighted by molar-refractivity contribution is 8.18. The van der Waals surface area contributed by atoms with Crippen molar-refractivity contribution in [2.45, 2.75) is 13.5 Å². The van der Waals surface area contributed by atoms with Crippen molar-refractivity contribution in [3.63, 3.8) is 0 Å². The van der Waals surface area contributed by atoms with E-state index in [9.17, 15) is 14.4 Å². The Morgan fingerprint density at radius 3 is 2.55 bits per heavy atom. The van der Waals surface area contributed by atoms with E-state index in [0.717, 1.165) is 22.2 Å². The maximum absolute atomic E-state index is 12.5. The van der Waals surface area contributed by atoms with Gasteiger partial charge in [-0.15, -0.1) is 0 Å². The number of ether oxygens (including phenoxy) is 3. The maximum Gasteiger partial charge on any atom is 0.326 e. The van der Waals surface area contributed by atoms with Crippen molar-refractivity contribution in [1.82, 2.24) is 4.90 Å². The summed E-state index contributed by atoms with van der Waals surface area (Å²) in [4.78, 5) is 37.3. The highest BCUT2D eigenvalue weighted by Gasteiger charge is 2.36. The standard InChI is InChI=1S/C22H20ClNO6S/c1-3-29-20(25)12-24-21(26)19(31-22(24)27)11-15-6-9-17(18(10-15)28-2)30-13-14-4-7-16(23)8-5-14/h4-11H,3,12-13H2,1-2H3/b19-11+. The fourth-order valence-corrected chi connectivity index (χ4v) is 3.72. The number of hydrogen-bond donors (Lipinski definition) is 0. The predicted octanol–water partition coefficient (Wildman–Crippen LogP) is 4.53. The van der Waals surface area contributed by atoms with Gasteiger partial charge in [-0.1, -0.05) is 29.8 Å². The average Bonchev–Trinajstić information content (AvgIpc) is 3.01. The van der Waals surface area contributed by atoms with Gasteiger partial charge in [-0.05, 0) is 60.2 Å². The zero-order valence-electron chi connectivity index (χ0n) is 16.9. The Hall–Kier alpha value is -2.97. The van der Waals surface area contributed by atoms with Crippen LogP contribution in [0.25, 0.3) is 6.08 Å². The monoisotopic (exact) mass is 461 g/mol. The molecule has 0 bridgehead atoms. The summed E-state index contributed by atoms with van der Waals surface area (Å²) in [5, 5.41) is 0.136. The number of halogens is 1. The second-order valence-electron chi connectivity index (χ2n) is 6.40. The third-order valence-electron chi connectivity index (χ3n) is 4.26. The van der Waals surface area contributed by atoms with Crippen molar-refractivity contribution >= 4 is 46.6 Å². The van der Waals surface area contributed by atoms with Gasteiger partial charge < -0.3 is 14.2 Å². The van der Waals surface area contributed by atoms with Gasteiger partial charge in [-0.2, -0.15) is 0 Å². The van der Waals surface area contributed by atoms with Crippen LogP contribution in [0.15, 0.2) is 47.4 Å². The van der Waals surface area contributed by atoms with E-state index in [0.29, 0.717) is 28.7 Å². The number of nitrogens with zero attached hydrogens (tertiary/aromatic N) is 1. The highest BCUT2D eigenvalue weighted by Crippen LogP contribution is 2.34. The van der Waals surface area contributed by atoms with Crippen molar-refractivity contribution in [1.29, 1.82) is 0 Å². The molecule has 0 aromatic heterocycles. The summed E-state index contributed by atoms with van der Waals surface area (Å²) in [7, 11) is 1.52. The molecule has 1 saturated heterocycles. The van der Waals surface area contributed by atoms with Crippen LogP contribution in [-0.4, -0.2) is 42.3 Å². The van der Waals surface area contributed by atoms with E-state index in [2.05, 4.69) is 0 Å². The van der Waals surface area contributed by atoms with Gasteiger partial charge in [0.25, 0.3) is 11.1 Å². The van der Waals surface area contributed by atoms with Gasteiger partial charge in [0.1, 0.15) is 13.2 Å². The first kappa shape index (κ1) is 22.7. The fraction of sp³-hybridized carbons (Fsp3) is 0.227. The Morgan fingerprint density at radius 2 is 1.87 bits per heavy atom.